The maximum absolute atomic E-state index is 8.54. The summed E-state index contributed by atoms with van der Waals surface area (Å²) in [4.78, 5) is 3.75. The Bertz CT molecular complexity index is 72.1. The van der Waals surface area contributed by atoms with E-state index >= 15 is 0 Å². The zero-order chi connectivity index (χ0) is 5.86. The number of aliphatic hydroxyl groups is 1. The molecule has 2 nitrogen and oxygen atoms in total. The van der Waals surface area contributed by atoms with E-state index in [9.17, 15) is 0 Å². The van der Waals surface area contributed by atoms with Gasteiger partial charge in [0.15, 0.2) is 0 Å². The predicted molar refractivity (Wildman–Crippen MR) is 30.5 cm³/mol. The Morgan fingerprint density at radius 2 is 2.00 bits per heavy atom. The SMILES string of the molecule is CC(C)=NC(C)O. The fraction of sp³-hybridized carbons (Fsp3) is 0.800. The molecule has 0 amide bonds. The summed E-state index contributed by atoms with van der Waals surface area (Å²) in [5.74, 6) is 0. The number of hydrogen-bond donors (Lipinski definition) is 1. The van der Waals surface area contributed by atoms with Crippen LogP contribution in [0.15, 0.2) is 4.99 Å². The van der Waals surface area contributed by atoms with Gasteiger partial charge in [-0.05, 0) is 20.8 Å². The van der Waals surface area contributed by atoms with E-state index in [4.69, 9.17) is 5.11 Å². The van der Waals surface area contributed by atoms with Gasteiger partial charge in [-0.15, -0.1) is 0 Å². The molecule has 0 bridgehead atoms. The fourth-order valence-electron chi connectivity index (χ4n) is 0.374. The minimum absolute atomic E-state index is 0.537. The lowest BCUT2D eigenvalue weighted by Crippen LogP contribution is -1.96. The third-order valence-corrected chi connectivity index (χ3v) is 0.445. The molecule has 7 heavy (non-hydrogen) atoms. The van der Waals surface area contributed by atoms with Gasteiger partial charge in [-0.2, -0.15) is 0 Å². The summed E-state index contributed by atoms with van der Waals surface area (Å²) in [6, 6.07) is 0. The predicted octanol–water partition coefficient (Wildman–Crippen LogP) is 0.805. The van der Waals surface area contributed by atoms with Crippen molar-refractivity contribution in [2.45, 2.75) is 27.0 Å². The van der Waals surface area contributed by atoms with Crippen molar-refractivity contribution in [1.82, 2.24) is 0 Å². The molecule has 0 aromatic carbocycles. The van der Waals surface area contributed by atoms with E-state index in [1.54, 1.807) is 6.92 Å². The molecule has 0 fully saturated rings. The van der Waals surface area contributed by atoms with Crippen LogP contribution in [-0.4, -0.2) is 17.0 Å². The summed E-state index contributed by atoms with van der Waals surface area (Å²) in [6.45, 7) is 5.34. The molecule has 0 heterocycles. The Balaban J connectivity index is 3.45. The first kappa shape index (κ1) is 6.63. The minimum Gasteiger partial charge on any atom is -0.372 e. The van der Waals surface area contributed by atoms with Gasteiger partial charge in [0.25, 0.3) is 0 Å². The van der Waals surface area contributed by atoms with Crippen LogP contribution in [0.1, 0.15) is 20.8 Å². The monoisotopic (exact) mass is 101 g/mol. The van der Waals surface area contributed by atoms with Crippen molar-refractivity contribution in [3.63, 3.8) is 0 Å². The maximum Gasteiger partial charge on any atom is 0.142 e. The molecular formula is C5H11NO. The lowest BCUT2D eigenvalue weighted by Gasteiger charge is -1.93. The Labute approximate surface area is 43.9 Å². The first-order valence-electron chi connectivity index (χ1n) is 2.32. The lowest BCUT2D eigenvalue weighted by atomic mass is 10.5. The van der Waals surface area contributed by atoms with Crippen LogP contribution in [-0.2, 0) is 0 Å². The Morgan fingerprint density at radius 3 is 2.00 bits per heavy atom. The van der Waals surface area contributed by atoms with Crippen LogP contribution in [0.25, 0.3) is 0 Å². The molecule has 42 valence electrons. The second-order valence-electron chi connectivity index (χ2n) is 1.71. The van der Waals surface area contributed by atoms with Crippen molar-refractivity contribution in [3.8, 4) is 0 Å². The maximum atomic E-state index is 8.54. The Kier molecular flexibility index (Phi) is 2.60. The van der Waals surface area contributed by atoms with Crippen molar-refractivity contribution in [2.24, 2.45) is 4.99 Å². The summed E-state index contributed by atoms with van der Waals surface area (Å²) < 4.78 is 0. The number of aliphatic hydroxyl groups excluding tert-OH is 1. The molecule has 0 spiro atoms. The average Bonchev–Trinajstić information content (AvgIpc) is 1.27. The van der Waals surface area contributed by atoms with Crippen LogP contribution >= 0.6 is 0 Å². The molecule has 0 aromatic rings. The van der Waals surface area contributed by atoms with E-state index in [2.05, 4.69) is 4.99 Å². The molecular weight excluding hydrogens is 90.1 g/mol. The second-order valence-corrected chi connectivity index (χ2v) is 1.71. The molecule has 0 aliphatic rings. The summed E-state index contributed by atoms with van der Waals surface area (Å²) in [5, 5.41) is 8.54. The van der Waals surface area contributed by atoms with Gasteiger partial charge in [-0.1, -0.05) is 0 Å². The van der Waals surface area contributed by atoms with Gasteiger partial charge in [0.2, 0.25) is 0 Å². The molecule has 0 aliphatic carbocycles. The van der Waals surface area contributed by atoms with Gasteiger partial charge in [-0.3, -0.25) is 4.99 Å². The first-order chi connectivity index (χ1) is 3.13. The minimum atomic E-state index is -0.537. The van der Waals surface area contributed by atoms with Crippen molar-refractivity contribution in [3.05, 3.63) is 0 Å². The fourth-order valence-corrected chi connectivity index (χ4v) is 0.374. The lowest BCUT2D eigenvalue weighted by molar-refractivity contribution is 0.205. The first-order valence-corrected chi connectivity index (χ1v) is 2.32. The third-order valence-electron chi connectivity index (χ3n) is 0.445. The molecule has 1 unspecified atom stereocenters. The average molecular weight is 101 g/mol. The number of hydrogen-bond acceptors (Lipinski definition) is 2. The highest BCUT2D eigenvalue weighted by molar-refractivity contribution is 5.79. The zero-order valence-corrected chi connectivity index (χ0v) is 4.97. The van der Waals surface area contributed by atoms with Crippen molar-refractivity contribution >= 4 is 5.71 Å². The van der Waals surface area contributed by atoms with E-state index in [1.165, 1.54) is 0 Å². The Hall–Kier alpha value is -0.370. The molecule has 0 rings (SSSR count). The standard InChI is InChI=1S/C5H11NO/c1-4(2)6-5(3)7/h5,7H,1-3H3. The topological polar surface area (TPSA) is 32.6 Å². The van der Waals surface area contributed by atoms with Crippen LogP contribution in [0.4, 0.5) is 0 Å². The summed E-state index contributed by atoms with van der Waals surface area (Å²) >= 11 is 0. The molecule has 0 aliphatic heterocycles. The van der Waals surface area contributed by atoms with Crippen LogP contribution in [0.3, 0.4) is 0 Å². The van der Waals surface area contributed by atoms with Gasteiger partial charge in [0, 0.05) is 5.71 Å². The van der Waals surface area contributed by atoms with Crippen LogP contribution < -0.4 is 0 Å². The van der Waals surface area contributed by atoms with Crippen LogP contribution in [0, 0.1) is 0 Å². The van der Waals surface area contributed by atoms with Crippen LogP contribution in [0.5, 0.6) is 0 Å². The summed E-state index contributed by atoms with van der Waals surface area (Å²) in [5.41, 5.74) is 0.912. The number of aliphatic imine (C=N–C) groups is 1. The van der Waals surface area contributed by atoms with E-state index < -0.39 is 6.23 Å². The molecule has 1 atom stereocenters. The largest absolute Gasteiger partial charge is 0.372 e. The van der Waals surface area contributed by atoms with Crippen molar-refractivity contribution in [2.75, 3.05) is 0 Å². The highest BCUT2D eigenvalue weighted by atomic mass is 16.3. The number of nitrogens with zero attached hydrogens (tertiary/aromatic N) is 1. The van der Waals surface area contributed by atoms with E-state index in [-0.39, 0.29) is 0 Å². The zero-order valence-electron chi connectivity index (χ0n) is 4.97. The quantitative estimate of drug-likeness (QED) is 0.487. The summed E-state index contributed by atoms with van der Waals surface area (Å²) in [6.07, 6.45) is -0.537. The molecule has 2 heteroatoms. The molecule has 0 saturated heterocycles. The summed E-state index contributed by atoms with van der Waals surface area (Å²) in [7, 11) is 0. The highest BCUT2D eigenvalue weighted by Crippen LogP contribution is 1.81. The Morgan fingerprint density at radius 1 is 1.57 bits per heavy atom. The van der Waals surface area contributed by atoms with Gasteiger partial charge in [-0.25, -0.2) is 0 Å². The van der Waals surface area contributed by atoms with Crippen molar-refractivity contribution in [1.29, 1.82) is 0 Å². The number of rotatable bonds is 1. The molecule has 0 radical (unpaired) electrons. The van der Waals surface area contributed by atoms with Crippen molar-refractivity contribution < 1.29 is 5.11 Å². The van der Waals surface area contributed by atoms with E-state index in [0.717, 1.165) is 5.71 Å². The normalized spacial score (nSPS) is 13.1. The van der Waals surface area contributed by atoms with E-state index in [0.29, 0.717) is 0 Å². The van der Waals surface area contributed by atoms with Gasteiger partial charge in [0.1, 0.15) is 6.23 Å². The second kappa shape index (κ2) is 2.75. The van der Waals surface area contributed by atoms with Crippen LogP contribution in [0.2, 0.25) is 0 Å². The highest BCUT2D eigenvalue weighted by Gasteiger charge is 1.84. The molecule has 1 N–H and O–H groups in total. The smallest absolute Gasteiger partial charge is 0.142 e. The van der Waals surface area contributed by atoms with Gasteiger partial charge < -0.3 is 5.11 Å². The van der Waals surface area contributed by atoms with Gasteiger partial charge in [0.05, 0.1) is 0 Å². The molecule has 0 saturated carbocycles. The van der Waals surface area contributed by atoms with Gasteiger partial charge >= 0.3 is 0 Å². The third kappa shape index (κ3) is 5.63. The van der Waals surface area contributed by atoms with E-state index in [1.807, 2.05) is 13.8 Å². The molecule has 0 aromatic heterocycles.